The van der Waals surface area contributed by atoms with Crippen molar-refractivity contribution in [3.05, 3.63) is 28.8 Å². The van der Waals surface area contributed by atoms with Crippen LogP contribution in [0.15, 0.2) is 23.3 Å². The van der Waals surface area contributed by atoms with Gasteiger partial charge in [-0.15, -0.1) is 0 Å². The van der Waals surface area contributed by atoms with Crippen molar-refractivity contribution < 1.29 is 4.79 Å². The molecule has 0 aromatic heterocycles. The Hall–Kier alpha value is -1.75. The predicted molar refractivity (Wildman–Crippen MR) is 73.2 cm³/mol. The highest BCUT2D eigenvalue weighted by Gasteiger charge is 2.13. The molecule has 1 saturated heterocycles. The molecule has 6 heteroatoms. The number of carbonyl (C=O) groups excluding carboxylic acids is 1. The normalized spacial score (nSPS) is 15.3. The Morgan fingerprint density at radius 1 is 1.44 bits per heavy atom. The molecule has 96 valence electrons. The van der Waals surface area contributed by atoms with Crippen LogP contribution in [0.4, 0.5) is 10.5 Å². The molecule has 0 radical (unpaired) electrons. The summed E-state index contributed by atoms with van der Waals surface area (Å²) in [6.07, 6.45) is 3.92. The Morgan fingerprint density at radius 2 is 2.17 bits per heavy atom. The zero-order valence-corrected chi connectivity index (χ0v) is 10.7. The second kappa shape index (κ2) is 5.73. The van der Waals surface area contributed by atoms with Crippen LogP contribution in [0.2, 0.25) is 5.02 Å². The number of rotatable bonds is 3. The molecule has 0 bridgehead atoms. The first-order valence-electron chi connectivity index (χ1n) is 5.80. The summed E-state index contributed by atoms with van der Waals surface area (Å²) in [6.45, 7) is 2.15. The molecule has 3 N–H and O–H groups in total. The summed E-state index contributed by atoms with van der Waals surface area (Å²) in [7, 11) is 0. The van der Waals surface area contributed by atoms with Gasteiger partial charge in [0.1, 0.15) is 0 Å². The minimum absolute atomic E-state index is 0.606. The first-order valence-corrected chi connectivity index (χ1v) is 6.17. The van der Waals surface area contributed by atoms with Crippen molar-refractivity contribution in [1.82, 2.24) is 5.43 Å². The van der Waals surface area contributed by atoms with Crippen LogP contribution in [-0.2, 0) is 0 Å². The molecule has 1 aliphatic heterocycles. The van der Waals surface area contributed by atoms with Crippen LogP contribution >= 0.6 is 11.6 Å². The number of urea groups is 1. The summed E-state index contributed by atoms with van der Waals surface area (Å²) in [5, 5.41) is 4.29. The lowest BCUT2D eigenvalue weighted by atomic mass is 10.2. The second-order valence-electron chi connectivity index (χ2n) is 4.13. The highest BCUT2D eigenvalue weighted by molar-refractivity contribution is 6.33. The number of hydrazone groups is 1. The molecule has 18 heavy (non-hydrogen) atoms. The van der Waals surface area contributed by atoms with E-state index in [0.717, 1.165) is 24.3 Å². The lowest BCUT2D eigenvalue weighted by molar-refractivity contribution is 0.249. The van der Waals surface area contributed by atoms with Crippen molar-refractivity contribution in [2.75, 3.05) is 18.0 Å². The fourth-order valence-electron chi connectivity index (χ4n) is 1.96. The minimum atomic E-state index is -0.698. The maximum atomic E-state index is 10.5. The van der Waals surface area contributed by atoms with E-state index in [-0.39, 0.29) is 0 Å². The summed E-state index contributed by atoms with van der Waals surface area (Å²) in [4.78, 5) is 12.8. The zero-order chi connectivity index (χ0) is 13.0. The van der Waals surface area contributed by atoms with E-state index < -0.39 is 6.03 Å². The third kappa shape index (κ3) is 3.13. The highest BCUT2D eigenvalue weighted by atomic mass is 35.5. The van der Waals surface area contributed by atoms with Gasteiger partial charge in [-0.2, -0.15) is 5.10 Å². The Labute approximate surface area is 111 Å². The van der Waals surface area contributed by atoms with Gasteiger partial charge in [0.05, 0.1) is 11.2 Å². The van der Waals surface area contributed by atoms with Crippen molar-refractivity contribution in [2.45, 2.75) is 12.8 Å². The largest absolute Gasteiger partial charge is 0.371 e. The summed E-state index contributed by atoms with van der Waals surface area (Å²) < 4.78 is 0. The number of benzene rings is 1. The van der Waals surface area contributed by atoms with Crippen LogP contribution in [-0.4, -0.2) is 25.3 Å². The SMILES string of the molecule is NC(=O)NN=Cc1ccc(N2CCCC2)cc1Cl. The van der Waals surface area contributed by atoms with E-state index in [4.69, 9.17) is 17.3 Å². The van der Waals surface area contributed by atoms with Crippen molar-refractivity contribution in [2.24, 2.45) is 10.8 Å². The number of halogens is 1. The van der Waals surface area contributed by atoms with Crippen LogP contribution in [0.1, 0.15) is 18.4 Å². The number of hydrogen-bond donors (Lipinski definition) is 2. The number of anilines is 1. The first kappa shape index (κ1) is 12.7. The van der Waals surface area contributed by atoms with Crippen molar-refractivity contribution in [1.29, 1.82) is 0 Å². The molecule has 5 nitrogen and oxygen atoms in total. The maximum Gasteiger partial charge on any atom is 0.332 e. The number of amides is 2. The van der Waals surface area contributed by atoms with E-state index in [1.165, 1.54) is 19.1 Å². The number of hydrogen-bond acceptors (Lipinski definition) is 3. The Bertz CT molecular complexity index is 469. The fourth-order valence-corrected chi connectivity index (χ4v) is 2.18. The molecule has 1 fully saturated rings. The topological polar surface area (TPSA) is 70.7 Å². The average molecular weight is 267 g/mol. The number of nitrogens with one attached hydrogen (secondary N) is 1. The molecule has 0 spiro atoms. The zero-order valence-electron chi connectivity index (χ0n) is 9.90. The van der Waals surface area contributed by atoms with Gasteiger partial charge in [0, 0.05) is 24.3 Å². The van der Waals surface area contributed by atoms with E-state index in [1.54, 1.807) is 0 Å². The standard InChI is InChI=1S/C12H15ClN4O/c13-11-7-10(17-5-1-2-6-17)4-3-9(11)8-15-16-12(14)18/h3-4,7-8H,1-2,5-6H2,(H3,14,16,18). The second-order valence-corrected chi connectivity index (χ2v) is 4.54. The number of nitrogens with zero attached hydrogens (tertiary/aromatic N) is 2. The lowest BCUT2D eigenvalue weighted by Gasteiger charge is -2.18. The average Bonchev–Trinajstić information content (AvgIpc) is 2.84. The fraction of sp³-hybridized carbons (Fsp3) is 0.333. The third-order valence-corrected chi connectivity index (χ3v) is 3.16. The molecular formula is C12H15ClN4O. The van der Waals surface area contributed by atoms with Gasteiger partial charge in [0.2, 0.25) is 0 Å². The summed E-state index contributed by atoms with van der Waals surface area (Å²) in [5.41, 5.74) is 8.89. The smallest absolute Gasteiger partial charge is 0.332 e. The quantitative estimate of drug-likeness (QED) is 0.648. The molecule has 1 aromatic carbocycles. The van der Waals surface area contributed by atoms with E-state index >= 15 is 0 Å². The van der Waals surface area contributed by atoms with Gasteiger partial charge in [-0.25, -0.2) is 10.2 Å². The van der Waals surface area contributed by atoms with Gasteiger partial charge >= 0.3 is 6.03 Å². The van der Waals surface area contributed by atoms with Crippen LogP contribution in [0, 0.1) is 0 Å². The minimum Gasteiger partial charge on any atom is -0.371 e. The molecule has 0 unspecified atom stereocenters. The Kier molecular flexibility index (Phi) is 4.04. The molecule has 2 rings (SSSR count). The van der Waals surface area contributed by atoms with E-state index in [1.807, 2.05) is 18.2 Å². The first-order chi connectivity index (χ1) is 8.66. The number of nitrogens with two attached hydrogens (primary N) is 1. The van der Waals surface area contributed by atoms with Gasteiger partial charge in [-0.3, -0.25) is 0 Å². The van der Waals surface area contributed by atoms with Gasteiger partial charge in [0.25, 0.3) is 0 Å². The van der Waals surface area contributed by atoms with Gasteiger partial charge < -0.3 is 10.6 Å². The summed E-state index contributed by atoms with van der Waals surface area (Å²) in [5.74, 6) is 0. The van der Waals surface area contributed by atoms with Gasteiger partial charge in [-0.05, 0) is 31.0 Å². The molecule has 2 amide bonds. The molecule has 1 heterocycles. The van der Waals surface area contributed by atoms with E-state index in [2.05, 4.69) is 15.4 Å². The predicted octanol–water partition coefficient (Wildman–Crippen LogP) is 1.94. The molecule has 1 aromatic rings. The third-order valence-electron chi connectivity index (χ3n) is 2.83. The molecule has 1 aliphatic rings. The number of primary amides is 1. The van der Waals surface area contributed by atoms with Crippen molar-refractivity contribution in [3.63, 3.8) is 0 Å². The van der Waals surface area contributed by atoms with Gasteiger partial charge in [0.15, 0.2) is 0 Å². The Balaban J connectivity index is 2.09. The molecular weight excluding hydrogens is 252 g/mol. The molecule has 0 atom stereocenters. The highest BCUT2D eigenvalue weighted by Crippen LogP contribution is 2.25. The van der Waals surface area contributed by atoms with E-state index in [9.17, 15) is 4.79 Å². The van der Waals surface area contributed by atoms with Crippen molar-refractivity contribution in [3.8, 4) is 0 Å². The van der Waals surface area contributed by atoms with Crippen LogP contribution in [0.3, 0.4) is 0 Å². The van der Waals surface area contributed by atoms with Crippen molar-refractivity contribution >= 4 is 29.5 Å². The maximum absolute atomic E-state index is 10.5. The van der Waals surface area contributed by atoms with E-state index in [0.29, 0.717) is 5.02 Å². The Morgan fingerprint density at radius 3 is 2.78 bits per heavy atom. The van der Waals surface area contributed by atoms with Crippen LogP contribution in [0.5, 0.6) is 0 Å². The van der Waals surface area contributed by atoms with Crippen LogP contribution < -0.4 is 16.1 Å². The molecule has 0 saturated carbocycles. The molecule has 0 aliphatic carbocycles. The van der Waals surface area contributed by atoms with Crippen LogP contribution in [0.25, 0.3) is 0 Å². The monoisotopic (exact) mass is 266 g/mol. The summed E-state index contributed by atoms with van der Waals surface area (Å²) >= 11 is 6.16. The summed E-state index contributed by atoms with van der Waals surface area (Å²) in [6, 6.07) is 5.10. The van der Waals surface area contributed by atoms with Gasteiger partial charge in [-0.1, -0.05) is 11.6 Å². The lowest BCUT2D eigenvalue weighted by Crippen LogP contribution is -2.24. The number of carbonyl (C=O) groups is 1.